The van der Waals surface area contributed by atoms with Crippen molar-refractivity contribution in [1.29, 1.82) is 0 Å². The predicted molar refractivity (Wildman–Crippen MR) is 84.5 cm³/mol. The number of rotatable bonds is 3. The molecule has 3 aliphatic rings. The Labute approximate surface area is 146 Å². The fourth-order valence-corrected chi connectivity index (χ4v) is 4.29. The lowest BCUT2D eigenvalue weighted by Crippen LogP contribution is -2.39. The molecular weight excluding hydrogens is 349 g/mol. The van der Waals surface area contributed by atoms with Crippen LogP contribution >= 0.6 is 0 Å². The second-order valence-electron chi connectivity index (χ2n) is 6.85. The Morgan fingerprint density at radius 3 is 2.23 bits per heavy atom. The molecule has 2 fully saturated rings. The molecule has 1 saturated carbocycles. The molecule has 3 amide bonds. The second-order valence-corrected chi connectivity index (χ2v) is 6.85. The van der Waals surface area contributed by atoms with Crippen LogP contribution < -0.4 is 5.32 Å². The molecule has 4 rings (SSSR count). The van der Waals surface area contributed by atoms with Gasteiger partial charge in [-0.1, -0.05) is 24.3 Å². The van der Waals surface area contributed by atoms with Gasteiger partial charge in [-0.25, -0.2) is 0 Å². The van der Waals surface area contributed by atoms with Crippen molar-refractivity contribution in [1.82, 2.24) is 4.90 Å². The third kappa shape index (κ3) is 2.51. The monoisotopic (exact) mass is 364 g/mol. The van der Waals surface area contributed by atoms with Crippen molar-refractivity contribution >= 4 is 23.4 Å². The SMILES string of the molecule is O=C(CN1C(=O)C2C3C=CC(C3)C2C1=O)Nc1ccccc1C(F)(F)F. The summed E-state index contributed by atoms with van der Waals surface area (Å²) in [6.45, 7) is -0.573. The van der Waals surface area contributed by atoms with Gasteiger partial charge in [0.05, 0.1) is 23.1 Å². The highest BCUT2D eigenvalue weighted by Gasteiger charge is 2.59. The molecule has 4 atom stereocenters. The maximum atomic E-state index is 13.0. The number of amides is 3. The number of carbonyl (C=O) groups excluding carboxylic acids is 3. The minimum Gasteiger partial charge on any atom is -0.324 e. The first-order chi connectivity index (χ1) is 12.3. The number of likely N-dealkylation sites (tertiary alicyclic amines) is 1. The molecule has 26 heavy (non-hydrogen) atoms. The summed E-state index contributed by atoms with van der Waals surface area (Å²) in [5, 5.41) is 2.17. The molecule has 2 bridgehead atoms. The molecule has 4 unspecified atom stereocenters. The number of allylic oxidation sites excluding steroid dienone is 2. The first kappa shape index (κ1) is 16.8. The molecular formula is C18H15F3N2O3. The minimum atomic E-state index is -4.62. The van der Waals surface area contributed by atoms with Gasteiger partial charge >= 0.3 is 6.18 Å². The number of nitrogens with zero attached hydrogens (tertiary/aromatic N) is 1. The minimum absolute atomic E-state index is 0.0143. The molecule has 0 aromatic heterocycles. The normalized spacial score (nSPS) is 29.4. The zero-order valence-corrected chi connectivity index (χ0v) is 13.5. The average Bonchev–Trinajstić information content (AvgIpc) is 3.24. The van der Waals surface area contributed by atoms with Gasteiger partial charge in [-0.05, 0) is 30.4 Å². The van der Waals surface area contributed by atoms with Crippen LogP contribution in [0.4, 0.5) is 18.9 Å². The third-order valence-corrected chi connectivity index (χ3v) is 5.37. The molecule has 1 saturated heterocycles. The molecule has 1 aliphatic heterocycles. The first-order valence-corrected chi connectivity index (χ1v) is 8.27. The standard InChI is InChI=1S/C18H15F3N2O3/c19-18(20,21)11-3-1-2-4-12(11)22-13(24)8-23-16(25)14-9-5-6-10(7-9)15(14)17(23)26/h1-6,9-10,14-15H,7-8H2,(H,22,24). The van der Waals surface area contributed by atoms with E-state index in [9.17, 15) is 27.6 Å². The Hall–Kier alpha value is -2.64. The van der Waals surface area contributed by atoms with Crippen LogP contribution in [0.5, 0.6) is 0 Å². The van der Waals surface area contributed by atoms with Crippen LogP contribution in [0.2, 0.25) is 0 Å². The molecule has 1 heterocycles. The molecule has 1 aromatic rings. The summed E-state index contributed by atoms with van der Waals surface area (Å²) in [6, 6.07) is 4.57. The van der Waals surface area contributed by atoms with E-state index >= 15 is 0 Å². The fourth-order valence-electron chi connectivity index (χ4n) is 4.29. The smallest absolute Gasteiger partial charge is 0.324 e. The van der Waals surface area contributed by atoms with Gasteiger partial charge in [-0.3, -0.25) is 19.3 Å². The third-order valence-electron chi connectivity index (χ3n) is 5.37. The number of anilines is 1. The van der Waals surface area contributed by atoms with E-state index in [1.165, 1.54) is 12.1 Å². The Morgan fingerprint density at radius 1 is 1.08 bits per heavy atom. The molecule has 2 aliphatic carbocycles. The molecule has 5 nitrogen and oxygen atoms in total. The Balaban J connectivity index is 1.49. The number of fused-ring (bicyclic) bond motifs is 5. The van der Waals surface area contributed by atoms with E-state index in [1.54, 1.807) is 0 Å². The van der Waals surface area contributed by atoms with Gasteiger partial charge in [0, 0.05) is 0 Å². The Kier molecular flexibility index (Phi) is 3.68. The summed E-state index contributed by atoms with van der Waals surface area (Å²) in [5.74, 6) is -2.49. The molecule has 136 valence electrons. The largest absolute Gasteiger partial charge is 0.418 e. The van der Waals surface area contributed by atoms with Crippen molar-refractivity contribution in [3.63, 3.8) is 0 Å². The highest BCUT2D eigenvalue weighted by Crippen LogP contribution is 2.52. The molecule has 1 N–H and O–H groups in total. The summed E-state index contributed by atoms with van der Waals surface area (Å²) in [7, 11) is 0. The number of alkyl halides is 3. The highest BCUT2D eigenvalue weighted by molar-refractivity contribution is 6.09. The number of benzene rings is 1. The van der Waals surface area contributed by atoms with Gasteiger partial charge in [-0.2, -0.15) is 13.2 Å². The Morgan fingerprint density at radius 2 is 1.65 bits per heavy atom. The zero-order chi connectivity index (χ0) is 18.6. The van der Waals surface area contributed by atoms with Crippen LogP contribution in [0.3, 0.4) is 0 Å². The van der Waals surface area contributed by atoms with Gasteiger partial charge in [-0.15, -0.1) is 0 Å². The summed E-state index contributed by atoms with van der Waals surface area (Å²) >= 11 is 0. The van der Waals surface area contributed by atoms with Crippen molar-refractivity contribution in [3.05, 3.63) is 42.0 Å². The van der Waals surface area contributed by atoms with Crippen LogP contribution in [-0.4, -0.2) is 29.2 Å². The van der Waals surface area contributed by atoms with Crippen molar-refractivity contribution in [2.75, 3.05) is 11.9 Å². The number of para-hydroxylation sites is 1. The van der Waals surface area contributed by atoms with Crippen LogP contribution in [0.1, 0.15) is 12.0 Å². The number of hydrogen-bond donors (Lipinski definition) is 1. The molecule has 0 radical (unpaired) electrons. The van der Waals surface area contributed by atoms with Gasteiger partial charge in [0.25, 0.3) is 0 Å². The van der Waals surface area contributed by atoms with Gasteiger partial charge in [0.2, 0.25) is 17.7 Å². The summed E-state index contributed by atoms with van der Waals surface area (Å²) in [6.07, 6.45) is 0.0111. The second kappa shape index (κ2) is 5.69. The average molecular weight is 364 g/mol. The van der Waals surface area contributed by atoms with E-state index in [1.807, 2.05) is 12.2 Å². The first-order valence-electron chi connectivity index (χ1n) is 8.27. The summed E-state index contributed by atoms with van der Waals surface area (Å²) in [4.78, 5) is 38.1. The predicted octanol–water partition coefficient (Wildman–Crippen LogP) is 2.45. The van der Waals surface area contributed by atoms with Crippen LogP contribution in [0, 0.1) is 23.7 Å². The number of imide groups is 1. The Bertz CT molecular complexity index is 803. The van der Waals surface area contributed by atoms with E-state index in [-0.39, 0.29) is 11.8 Å². The van der Waals surface area contributed by atoms with E-state index in [4.69, 9.17) is 0 Å². The lowest BCUT2D eigenvalue weighted by Gasteiger charge is -2.18. The van der Waals surface area contributed by atoms with Crippen molar-refractivity contribution in [3.8, 4) is 0 Å². The van der Waals surface area contributed by atoms with E-state index in [0.717, 1.165) is 23.5 Å². The lowest BCUT2D eigenvalue weighted by atomic mass is 9.85. The summed E-state index contributed by atoms with van der Waals surface area (Å²) < 4.78 is 39.0. The van der Waals surface area contributed by atoms with Gasteiger partial charge < -0.3 is 5.32 Å². The van der Waals surface area contributed by atoms with Crippen LogP contribution in [0.25, 0.3) is 0 Å². The van der Waals surface area contributed by atoms with Gasteiger partial charge in [0.15, 0.2) is 0 Å². The van der Waals surface area contributed by atoms with E-state index in [0.29, 0.717) is 0 Å². The van der Waals surface area contributed by atoms with Crippen LogP contribution in [-0.2, 0) is 20.6 Å². The lowest BCUT2D eigenvalue weighted by molar-refractivity contribution is -0.143. The van der Waals surface area contributed by atoms with Gasteiger partial charge in [0.1, 0.15) is 6.54 Å². The van der Waals surface area contributed by atoms with E-state index < -0.39 is 53.5 Å². The fraction of sp³-hybridized carbons (Fsp3) is 0.389. The maximum absolute atomic E-state index is 13.0. The number of nitrogens with one attached hydrogen (secondary N) is 1. The maximum Gasteiger partial charge on any atom is 0.418 e. The van der Waals surface area contributed by atoms with Crippen molar-refractivity contribution in [2.24, 2.45) is 23.7 Å². The topological polar surface area (TPSA) is 66.5 Å². The zero-order valence-electron chi connectivity index (χ0n) is 13.5. The number of halogens is 3. The quantitative estimate of drug-likeness (QED) is 0.662. The van der Waals surface area contributed by atoms with Crippen LogP contribution in [0.15, 0.2) is 36.4 Å². The highest BCUT2D eigenvalue weighted by atomic mass is 19.4. The number of hydrogen-bond acceptors (Lipinski definition) is 3. The summed E-state index contributed by atoms with van der Waals surface area (Å²) in [5.41, 5.74) is -1.38. The number of carbonyl (C=O) groups is 3. The molecule has 1 aromatic carbocycles. The molecule has 8 heteroatoms. The molecule has 0 spiro atoms. The van der Waals surface area contributed by atoms with E-state index in [2.05, 4.69) is 5.32 Å². The van der Waals surface area contributed by atoms with Crippen molar-refractivity contribution < 1.29 is 27.6 Å². The van der Waals surface area contributed by atoms with Crippen molar-refractivity contribution in [2.45, 2.75) is 12.6 Å².